The summed E-state index contributed by atoms with van der Waals surface area (Å²) >= 11 is 0. The molecule has 0 unspecified atom stereocenters. The molecule has 2 heterocycles. The van der Waals surface area contributed by atoms with Crippen LogP contribution < -0.4 is 11.5 Å². The van der Waals surface area contributed by atoms with Gasteiger partial charge in [0.05, 0.1) is 16.4 Å². The van der Waals surface area contributed by atoms with E-state index in [2.05, 4.69) is 10.1 Å². The Kier molecular flexibility index (Phi) is 1.60. The van der Waals surface area contributed by atoms with Gasteiger partial charge in [0.1, 0.15) is 5.82 Å². The minimum atomic E-state index is 0.424. The highest BCUT2D eigenvalue weighted by Gasteiger charge is 2.13. The Balaban J connectivity index is 2.68. The van der Waals surface area contributed by atoms with Crippen LogP contribution in [0.25, 0.3) is 21.8 Å². The number of benzene rings is 1. The smallest absolute Gasteiger partial charge is 0.157 e. The number of fused-ring (bicyclic) bond motifs is 3. The molecule has 4 N–H and O–H groups in total. The highest BCUT2D eigenvalue weighted by atomic mass is 15.3. The van der Waals surface area contributed by atoms with Crippen LogP contribution in [-0.2, 0) is 7.05 Å². The summed E-state index contributed by atoms with van der Waals surface area (Å²) in [4.78, 5) is 4.32. The van der Waals surface area contributed by atoms with E-state index < -0.39 is 0 Å². The van der Waals surface area contributed by atoms with Gasteiger partial charge in [-0.25, -0.2) is 4.98 Å². The van der Waals surface area contributed by atoms with Crippen molar-refractivity contribution in [3.63, 3.8) is 0 Å². The Morgan fingerprint density at radius 1 is 1.12 bits per heavy atom. The van der Waals surface area contributed by atoms with Crippen LogP contribution in [0.1, 0.15) is 0 Å². The summed E-state index contributed by atoms with van der Waals surface area (Å²) in [5.41, 5.74) is 13.5. The standard InChI is InChI=1S/C11H11N5/c1-16-9-6-4-2-3-5-7(6)14-10(12)8(9)11(13)15-16/h2-5H,1H3,(H2,12,14)(H2,13,15). The lowest BCUT2D eigenvalue weighted by Gasteiger charge is -2.03. The molecule has 0 aliphatic carbocycles. The van der Waals surface area contributed by atoms with Gasteiger partial charge in [0.25, 0.3) is 0 Å². The average molecular weight is 213 g/mol. The maximum absolute atomic E-state index is 5.89. The van der Waals surface area contributed by atoms with E-state index in [-0.39, 0.29) is 0 Å². The Morgan fingerprint density at radius 2 is 1.88 bits per heavy atom. The largest absolute Gasteiger partial charge is 0.383 e. The molecule has 0 spiro atoms. The number of hydrogen-bond donors (Lipinski definition) is 2. The molecule has 1 aromatic carbocycles. The third-order valence-electron chi connectivity index (χ3n) is 2.73. The summed E-state index contributed by atoms with van der Waals surface area (Å²) in [7, 11) is 1.85. The predicted octanol–water partition coefficient (Wildman–Crippen LogP) is 1.29. The first-order valence-electron chi connectivity index (χ1n) is 4.95. The van der Waals surface area contributed by atoms with Crippen molar-refractivity contribution in [2.24, 2.45) is 7.05 Å². The molecular weight excluding hydrogens is 202 g/mol. The van der Waals surface area contributed by atoms with Gasteiger partial charge in [0.15, 0.2) is 5.82 Å². The summed E-state index contributed by atoms with van der Waals surface area (Å²) in [6.07, 6.45) is 0. The molecule has 3 aromatic rings. The average Bonchev–Trinajstić information content (AvgIpc) is 2.55. The van der Waals surface area contributed by atoms with Crippen molar-refractivity contribution >= 4 is 33.4 Å². The van der Waals surface area contributed by atoms with E-state index in [0.717, 1.165) is 21.8 Å². The molecule has 0 amide bonds. The SMILES string of the molecule is Cn1nc(N)c2c(N)nc3ccccc3c21. The van der Waals surface area contributed by atoms with Gasteiger partial charge >= 0.3 is 0 Å². The van der Waals surface area contributed by atoms with E-state index in [1.54, 1.807) is 4.68 Å². The zero-order chi connectivity index (χ0) is 11.3. The van der Waals surface area contributed by atoms with Gasteiger partial charge in [0, 0.05) is 12.4 Å². The third kappa shape index (κ3) is 0.995. The third-order valence-corrected chi connectivity index (χ3v) is 2.73. The highest BCUT2D eigenvalue weighted by Crippen LogP contribution is 2.30. The van der Waals surface area contributed by atoms with Crippen LogP contribution in [0.15, 0.2) is 24.3 Å². The number of hydrogen-bond acceptors (Lipinski definition) is 4. The van der Waals surface area contributed by atoms with E-state index in [1.165, 1.54) is 0 Å². The van der Waals surface area contributed by atoms with Crippen LogP contribution in [0, 0.1) is 0 Å². The molecular formula is C11H11N5. The second-order valence-electron chi connectivity index (χ2n) is 3.75. The molecule has 16 heavy (non-hydrogen) atoms. The van der Waals surface area contributed by atoms with Gasteiger partial charge in [-0.3, -0.25) is 4.68 Å². The summed E-state index contributed by atoms with van der Waals surface area (Å²) in [5, 5.41) is 5.93. The molecule has 0 saturated carbocycles. The molecule has 0 aliphatic rings. The maximum Gasteiger partial charge on any atom is 0.157 e. The van der Waals surface area contributed by atoms with Crippen LogP contribution in [0.3, 0.4) is 0 Å². The second-order valence-corrected chi connectivity index (χ2v) is 3.75. The Morgan fingerprint density at radius 3 is 2.69 bits per heavy atom. The summed E-state index contributed by atoms with van der Waals surface area (Å²) in [6.45, 7) is 0. The summed E-state index contributed by atoms with van der Waals surface area (Å²) < 4.78 is 1.74. The first-order valence-corrected chi connectivity index (χ1v) is 4.95. The highest BCUT2D eigenvalue weighted by molar-refractivity contribution is 6.11. The van der Waals surface area contributed by atoms with Gasteiger partial charge in [-0.15, -0.1) is 0 Å². The molecule has 5 heteroatoms. The number of nitrogen functional groups attached to an aromatic ring is 2. The topological polar surface area (TPSA) is 82.8 Å². The van der Waals surface area contributed by atoms with Crippen LogP contribution >= 0.6 is 0 Å². The van der Waals surface area contributed by atoms with Crippen LogP contribution in [0.5, 0.6) is 0 Å². The van der Waals surface area contributed by atoms with E-state index in [4.69, 9.17) is 11.5 Å². The minimum absolute atomic E-state index is 0.424. The lowest BCUT2D eigenvalue weighted by atomic mass is 10.1. The van der Waals surface area contributed by atoms with E-state index >= 15 is 0 Å². The Bertz CT molecular complexity index is 698. The normalized spacial score (nSPS) is 11.3. The van der Waals surface area contributed by atoms with Gasteiger partial charge < -0.3 is 11.5 Å². The number of pyridine rings is 1. The Hall–Kier alpha value is -2.30. The Labute approximate surface area is 91.7 Å². The van der Waals surface area contributed by atoms with Crippen molar-refractivity contribution in [3.05, 3.63) is 24.3 Å². The summed E-state index contributed by atoms with van der Waals surface area (Å²) in [5.74, 6) is 0.854. The predicted molar refractivity (Wildman–Crippen MR) is 64.8 cm³/mol. The number of aromatic nitrogens is 3. The van der Waals surface area contributed by atoms with Gasteiger partial charge in [0.2, 0.25) is 0 Å². The second kappa shape index (κ2) is 2.85. The van der Waals surface area contributed by atoms with Gasteiger partial charge in [-0.1, -0.05) is 18.2 Å². The fourth-order valence-corrected chi connectivity index (χ4v) is 2.06. The fraction of sp³-hybridized carbons (Fsp3) is 0.0909. The van der Waals surface area contributed by atoms with Gasteiger partial charge in [-0.05, 0) is 6.07 Å². The molecule has 0 bridgehead atoms. The number of rotatable bonds is 0. The molecule has 2 aromatic heterocycles. The van der Waals surface area contributed by atoms with Crippen molar-refractivity contribution in [2.45, 2.75) is 0 Å². The van der Waals surface area contributed by atoms with Crippen LogP contribution in [0.2, 0.25) is 0 Å². The van der Waals surface area contributed by atoms with Gasteiger partial charge in [-0.2, -0.15) is 5.10 Å². The number of anilines is 2. The van der Waals surface area contributed by atoms with Crippen molar-refractivity contribution in [1.29, 1.82) is 0 Å². The lowest BCUT2D eigenvalue weighted by Crippen LogP contribution is -1.95. The molecule has 0 fully saturated rings. The van der Waals surface area contributed by atoms with Crippen molar-refractivity contribution in [1.82, 2.24) is 14.8 Å². The van der Waals surface area contributed by atoms with E-state index in [1.807, 2.05) is 31.3 Å². The molecule has 0 aliphatic heterocycles. The first kappa shape index (κ1) is 8.96. The molecule has 80 valence electrons. The zero-order valence-electron chi connectivity index (χ0n) is 8.81. The number of nitrogens with zero attached hydrogens (tertiary/aromatic N) is 3. The molecule has 3 rings (SSSR count). The van der Waals surface area contributed by atoms with Crippen molar-refractivity contribution in [2.75, 3.05) is 11.5 Å². The number of nitrogens with two attached hydrogens (primary N) is 2. The molecule has 0 saturated heterocycles. The minimum Gasteiger partial charge on any atom is -0.383 e. The molecule has 0 radical (unpaired) electrons. The number of para-hydroxylation sites is 1. The zero-order valence-corrected chi connectivity index (χ0v) is 8.81. The lowest BCUT2D eigenvalue weighted by molar-refractivity contribution is 0.804. The van der Waals surface area contributed by atoms with Crippen LogP contribution in [0.4, 0.5) is 11.6 Å². The fourth-order valence-electron chi connectivity index (χ4n) is 2.06. The van der Waals surface area contributed by atoms with E-state index in [0.29, 0.717) is 11.6 Å². The monoisotopic (exact) mass is 213 g/mol. The summed E-state index contributed by atoms with van der Waals surface area (Å²) in [6, 6.07) is 7.81. The molecule has 5 nitrogen and oxygen atoms in total. The van der Waals surface area contributed by atoms with E-state index in [9.17, 15) is 0 Å². The molecule has 0 atom stereocenters. The maximum atomic E-state index is 5.89. The number of aryl methyl sites for hydroxylation is 1. The van der Waals surface area contributed by atoms with Crippen molar-refractivity contribution in [3.8, 4) is 0 Å². The van der Waals surface area contributed by atoms with Crippen LogP contribution in [-0.4, -0.2) is 14.8 Å². The first-order chi connectivity index (χ1) is 7.68. The quantitative estimate of drug-likeness (QED) is 0.589. The van der Waals surface area contributed by atoms with Crippen molar-refractivity contribution < 1.29 is 0 Å².